The first-order valence-corrected chi connectivity index (χ1v) is 2.92. The lowest BCUT2D eigenvalue weighted by Crippen LogP contribution is -1.78. The summed E-state index contributed by atoms with van der Waals surface area (Å²) in [4.78, 5) is 4.06. The molecule has 0 unspecified atom stereocenters. The minimum atomic E-state index is 0.923. The van der Waals surface area contributed by atoms with Gasteiger partial charge in [-0.25, -0.2) is 0 Å². The fourth-order valence-corrected chi connectivity index (χ4v) is 0.349. The van der Waals surface area contributed by atoms with Crippen LogP contribution in [0.5, 0.6) is 0 Å². The first kappa shape index (κ1) is 7.41. The maximum Gasteiger partial charge on any atom is 0.0386 e. The number of hydrogen-bond donors (Lipinski definition) is 0. The van der Waals surface area contributed by atoms with Crippen LogP contribution < -0.4 is 0 Å². The number of hydrogen-bond acceptors (Lipinski definition) is 1. The van der Waals surface area contributed by atoms with Crippen molar-refractivity contribution in [1.29, 1.82) is 0 Å². The molecule has 0 bridgehead atoms. The fourth-order valence-electron chi connectivity index (χ4n) is 0.349. The average Bonchev–Trinajstić information content (AvgIpc) is 1.66. The zero-order valence-corrected chi connectivity index (χ0v) is 5.65. The highest BCUT2D eigenvalue weighted by atomic mass is 14.7. The first-order chi connectivity index (χ1) is 3.77. The SMILES string of the molecule is C=C(C)/C=N/CCC. The van der Waals surface area contributed by atoms with Gasteiger partial charge < -0.3 is 0 Å². The minimum absolute atomic E-state index is 0.923. The number of allylic oxidation sites excluding steroid dienone is 1. The topological polar surface area (TPSA) is 12.4 Å². The van der Waals surface area contributed by atoms with Gasteiger partial charge in [0.2, 0.25) is 0 Å². The smallest absolute Gasteiger partial charge is 0.0386 e. The Morgan fingerprint density at radius 2 is 2.38 bits per heavy atom. The maximum atomic E-state index is 4.06. The van der Waals surface area contributed by atoms with E-state index in [1.54, 1.807) is 0 Å². The third-order valence-corrected chi connectivity index (χ3v) is 0.664. The second-order valence-corrected chi connectivity index (χ2v) is 1.88. The maximum absolute atomic E-state index is 4.06. The summed E-state index contributed by atoms with van der Waals surface area (Å²) in [5.74, 6) is 0. The van der Waals surface area contributed by atoms with E-state index in [1.165, 1.54) is 0 Å². The van der Waals surface area contributed by atoms with Crippen LogP contribution in [0.2, 0.25) is 0 Å². The Morgan fingerprint density at radius 3 is 2.75 bits per heavy atom. The molecule has 0 heterocycles. The molecule has 1 heteroatoms. The van der Waals surface area contributed by atoms with Gasteiger partial charge in [0.05, 0.1) is 0 Å². The summed E-state index contributed by atoms with van der Waals surface area (Å²) in [6.45, 7) is 8.65. The van der Waals surface area contributed by atoms with Crippen LogP contribution in [0.3, 0.4) is 0 Å². The van der Waals surface area contributed by atoms with Gasteiger partial charge in [0.1, 0.15) is 0 Å². The van der Waals surface area contributed by atoms with Crippen LogP contribution in [0.1, 0.15) is 20.3 Å². The average molecular weight is 111 g/mol. The quantitative estimate of drug-likeness (QED) is 0.494. The van der Waals surface area contributed by atoms with Gasteiger partial charge in [0.25, 0.3) is 0 Å². The van der Waals surface area contributed by atoms with Crippen molar-refractivity contribution in [3.63, 3.8) is 0 Å². The summed E-state index contributed by atoms with van der Waals surface area (Å²) in [7, 11) is 0. The van der Waals surface area contributed by atoms with E-state index < -0.39 is 0 Å². The van der Waals surface area contributed by atoms with Crippen molar-refractivity contribution in [3.8, 4) is 0 Å². The molecule has 0 saturated carbocycles. The molecule has 0 radical (unpaired) electrons. The second-order valence-electron chi connectivity index (χ2n) is 1.88. The minimum Gasteiger partial charge on any atom is -0.293 e. The zero-order chi connectivity index (χ0) is 6.41. The monoisotopic (exact) mass is 111 g/mol. The summed E-state index contributed by atoms with van der Waals surface area (Å²) >= 11 is 0. The highest BCUT2D eigenvalue weighted by molar-refractivity contribution is 5.76. The largest absolute Gasteiger partial charge is 0.293 e. The predicted octanol–water partition coefficient (Wildman–Crippen LogP) is 2.04. The van der Waals surface area contributed by atoms with E-state index in [0.29, 0.717) is 0 Å². The van der Waals surface area contributed by atoms with Gasteiger partial charge >= 0.3 is 0 Å². The lowest BCUT2D eigenvalue weighted by Gasteiger charge is -1.84. The van der Waals surface area contributed by atoms with Crippen LogP contribution in [-0.4, -0.2) is 12.8 Å². The van der Waals surface area contributed by atoms with E-state index in [4.69, 9.17) is 0 Å². The van der Waals surface area contributed by atoms with Crippen molar-refractivity contribution < 1.29 is 0 Å². The first-order valence-electron chi connectivity index (χ1n) is 2.92. The molecule has 0 atom stereocenters. The summed E-state index contributed by atoms with van der Waals surface area (Å²) in [5.41, 5.74) is 1.03. The Kier molecular flexibility index (Phi) is 4.23. The summed E-state index contributed by atoms with van der Waals surface area (Å²) in [6.07, 6.45) is 2.92. The van der Waals surface area contributed by atoms with Gasteiger partial charge in [-0.1, -0.05) is 13.5 Å². The van der Waals surface area contributed by atoms with Crippen molar-refractivity contribution in [2.24, 2.45) is 4.99 Å². The molecule has 0 amide bonds. The highest BCUT2D eigenvalue weighted by Gasteiger charge is 1.72. The number of nitrogens with zero attached hydrogens (tertiary/aromatic N) is 1. The van der Waals surface area contributed by atoms with E-state index in [2.05, 4.69) is 18.5 Å². The molecule has 0 aliphatic heterocycles. The fraction of sp³-hybridized carbons (Fsp3) is 0.571. The molecular formula is C7H13N. The van der Waals surface area contributed by atoms with Gasteiger partial charge in [0, 0.05) is 12.8 Å². The van der Waals surface area contributed by atoms with Crippen molar-refractivity contribution in [3.05, 3.63) is 12.2 Å². The predicted molar refractivity (Wildman–Crippen MR) is 38.5 cm³/mol. The molecule has 0 aromatic heterocycles. The van der Waals surface area contributed by atoms with E-state index in [9.17, 15) is 0 Å². The molecule has 1 nitrogen and oxygen atoms in total. The lowest BCUT2D eigenvalue weighted by molar-refractivity contribution is 0.936. The van der Waals surface area contributed by atoms with Crippen molar-refractivity contribution in [1.82, 2.24) is 0 Å². The molecule has 46 valence electrons. The third-order valence-electron chi connectivity index (χ3n) is 0.664. The molecule has 0 aliphatic carbocycles. The van der Waals surface area contributed by atoms with Crippen LogP contribution in [0.15, 0.2) is 17.1 Å². The van der Waals surface area contributed by atoms with Crippen LogP contribution in [0.25, 0.3) is 0 Å². The Morgan fingerprint density at radius 1 is 1.75 bits per heavy atom. The lowest BCUT2D eigenvalue weighted by atomic mass is 10.4. The van der Waals surface area contributed by atoms with Crippen LogP contribution >= 0.6 is 0 Å². The van der Waals surface area contributed by atoms with Gasteiger partial charge in [0.15, 0.2) is 0 Å². The second kappa shape index (κ2) is 4.57. The molecule has 0 fully saturated rings. The Labute approximate surface area is 51.1 Å². The van der Waals surface area contributed by atoms with Crippen LogP contribution in [0, 0.1) is 0 Å². The number of aliphatic imine (C=N–C) groups is 1. The van der Waals surface area contributed by atoms with Crippen LogP contribution in [0.4, 0.5) is 0 Å². The zero-order valence-electron chi connectivity index (χ0n) is 5.65. The van der Waals surface area contributed by atoms with Crippen molar-refractivity contribution in [2.75, 3.05) is 6.54 Å². The molecular weight excluding hydrogens is 98.1 g/mol. The molecule has 0 N–H and O–H groups in total. The number of rotatable bonds is 3. The molecule has 0 rings (SSSR count). The van der Waals surface area contributed by atoms with Crippen molar-refractivity contribution >= 4 is 6.21 Å². The molecule has 0 aromatic carbocycles. The van der Waals surface area contributed by atoms with Gasteiger partial charge in [-0.05, 0) is 18.9 Å². The van der Waals surface area contributed by atoms with E-state index in [1.807, 2.05) is 13.1 Å². The molecule has 0 saturated heterocycles. The van der Waals surface area contributed by atoms with Gasteiger partial charge in [-0.3, -0.25) is 4.99 Å². The standard InChI is InChI=1S/C7H13N/c1-4-5-8-6-7(2)3/h6H,2,4-5H2,1,3H3/b8-6+. The summed E-state index contributed by atoms with van der Waals surface area (Å²) in [5, 5.41) is 0. The Balaban J connectivity index is 3.20. The van der Waals surface area contributed by atoms with Gasteiger partial charge in [-0.2, -0.15) is 0 Å². The van der Waals surface area contributed by atoms with E-state index >= 15 is 0 Å². The van der Waals surface area contributed by atoms with Crippen LogP contribution in [-0.2, 0) is 0 Å². The molecule has 0 spiro atoms. The summed E-state index contributed by atoms with van der Waals surface area (Å²) < 4.78 is 0. The molecule has 0 aliphatic rings. The third kappa shape index (κ3) is 5.41. The van der Waals surface area contributed by atoms with Crippen molar-refractivity contribution in [2.45, 2.75) is 20.3 Å². The van der Waals surface area contributed by atoms with Gasteiger partial charge in [-0.15, -0.1) is 0 Å². The molecule has 0 aromatic rings. The normalized spacial score (nSPS) is 10.2. The Bertz CT molecular complexity index is 92.6. The summed E-state index contributed by atoms with van der Waals surface area (Å²) in [6, 6.07) is 0. The van der Waals surface area contributed by atoms with E-state index in [0.717, 1.165) is 18.5 Å². The highest BCUT2D eigenvalue weighted by Crippen LogP contribution is 1.81. The molecule has 8 heavy (non-hydrogen) atoms. The van der Waals surface area contributed by atoms with E-state index in [-0.39, 0.29) is 0 Å². The Hall–Kier alpha value is -0.590.